The van der Waals surface area contributed by atoms with Gasteiger partial charge in [-0.05, 0) is 55.6 Å². The molecule has 0 amide bonds. The minimum atomic E-state index is -0.137. The number of halogens is 2. The minimum Gasteiger partial charge on any atom is -0.316 e. The number of benzene rings is 1. The molecule has 1 fully saturated rings. The Kier molecular flexibility index (Phi) is 3.04. The van der Waals surface area contributed by atoms with Crippen LogP contribution in [0.5, 0.6) is 0 Å². The summed E-state index contributed by atoms with van der Waals surface area (Å²) in [7, 11) is 0. The first-order chi connectivity index (χ1) is 6.75. The lowest BCUT2D eigenvalue weighted by atomic mass is 9.95. The third-order valence-electron chi connectivity index (χ3n) is 2.70. The molecule has 1 nitrogen and oxygen atoms in total. The molecule has 0 bridgehead atoms. The van der Waals surface area contributed by atoms with Crippen LogP contribution in [0.15, 0.2) is 18.2 Å². The molecule has 1 heterocycles. The van der Waals surface area contributed by atoms with Crippen molar-refractivity contribution in [1.82, 2.24) is 5.32 Å². The Balaban J connectivity index is 1.96. The number of rotatable bonds is 3. The summed E-state index contributed by atoms with van der Waals surface area (Å²) in [5.41, 5.74) is 0.740. The highest BCUT2D eigenvalue weighted by molar-refractivity contribution is 6.30. The number of hydrogen-bond donors (Lipinski definition) is 1. The average molecular weight is 214 g/mol. The largest absolute Gasteiger partial charge is 0.316 e. The van der Waals surface area contributed by atoms with Crippen molar-refractivity contribution >= 4 is 11.6 Å². The van der Waals surface area contributed by atoms with E-state index < -0.39 is 0 Å². The van der Waals surface area contributed by atoms with Crippen molar-refractivity contribution in [3.63, 3.8) is 0 Å². The fourth-order valence-corrected chi connectivity index (χ4v) is 1.84. The first-order valence-corrected chi connectivity index (χ1v) is 5.28. The van der Waals surface area contributed by atoms with Gasteiger partial charge in [-0.25, -0.2) is 4.39 Å². The molecule has 14 heavy (non-hydrogen) atoms. The summed E-state index contributed by atoms with van der Waals surface area (Å²) in [4.78, 5) is 0. The third-order valence-corrected chi connectivity index (χ3v) is 2.93. The minimum absolute atomic E-state index is 0.137. The summed E-state index contributed by atoms with van der Waals surface area (Å²) in [5, 5.41) is 3.82. The fraction of sp³-hybridized carbons (Fsp3) is 0.455. The van der Waals surface area contributed by atoms with Crippen molar-refractivity contribution in [2.75, 3.05) is 13.1 Å². The van der Waals surface area contributed by atoms with Crippen LogP contribution < -0.4 is 5.32 Å². The zero-order valence-corrected chi connectivity index (χ0v) is 8.65. The molecule has 2 rings (SSSR count). The lowest BCUT2D eigenvalue weighted by Gasteiger charge is -2.26. The molecule has 0 unspecified atom stereocenters. The predicted octanol–water partition coefficient (Wildman–Crippen LogP) is 2.63. The van der Waals surface area contributed by atoms with E-state index in [9.17, 15) is 4.39 Å². The summed E-state index contributed by atoms with van der Waals surface area (Å²) >= 11 is 5.80. The van der Waals surface area contributed by atoms with E-state index in [1.54, 1.807) is 12.1 Å². The van der Waals surface area contributed by atoms with Gasteiger partial charge in [0.05, 0.1) is 0 Å². The van der Waals surface area contributed by atoms with E-state index in [1.807, 2.05) is 0 Å². The van der Waals surface area contributed by atoms with Crippen LogP contribution in [0.4, 0.5) is 4.39 Å². The second-order valence-corrected chi connectivity index (χ2v) is 4.24. The highest BCUT2D eigenvalue weighted by Gasteiger charge is 2.16. The van der Waals surface area contributed by atoms with Gasteiger partial charge in [-0.1, -0.05) is 11.6 Å². The van der Waals surface area contributed by atoms with E-state index in [0.29, 0.717) is 10.9 Å². The van der Waals surface area contributed by atoms with Gasteiger partial charge in [0.25, 0.3) is 0 Å². The van der Waals surface area contributed by atoms with Gasteiger partial charge >= 0.3 is 0 Å². The molecule has 1 aliphatic heterocycles. The van der Waals surface area contributed by atoms with Crippen LogP contribution >= 0.6 is 11.6 Å². The molecular formula is C11H13ClFN. The van der Waals surface area contributed by atoms with Crippen molar-refractivity contribution in [1.29, 1.82) is 0 Å². The molecule has 1 aliphatic rings. The summed E-state index contributed by atoms with van der Waals surface area (Å²) in [6, 6.07) is 4.75. The molecule has 0 spiro atoms. The Morgan fingerprint density at radius 2 is 2.21 bits per heavy atom. The zero-order chi connectivity index (χ0) is 9.97. The maximum absolute atomic E-state index is 13.3. The topological polar surface area (TPSA) is 12.0 Å². The highest BCUT2D eigenvalue weighted by atomic mass is 35.5. The first kappa shape index (κ1) is 9.94. The Morgan fingerprint density at radius 1 is 1.43 bits per heavy atom. The zero-order valence-electron chi connectivity index (χ0n) is 7.89. The number of nitrogens with one attached hydrogen (secondary N) is 1. The molecule has 0 aromatic heterocycles. The Bertz CT molecular complexity index is 323. The van der Waals surface area contributed by atoms with Gasteiger partial charge < -0.3 is 5.32 Å². The average Bonchev–Trinajstić information content (AvgIpc) is 2.08. The van der Waals surface area contributed by atoms with Crippen LogP contribution in [0.3, 0.4) is 0 Å². The maximum Gasteiger partial charge on any atom is 0.126 e. The van der Waals surface area contributed by atoms with Gasteiger partial charge in [0.1, 0.15) is 5.82 Å². The quantitative estimate of drug-likeness (QED) is 0.814. The molecule has 1 aromatic carbocycles. The highest BCUT2D eigenvalue weighted by Crippen LogP contribution is 2.19. The van der Waals surface area contributed by atoms with E-state index in [4.69, 9.17) is 11.6 Å². The summed E-state index contributed by atoms with van der Waals surface area (Å²) in [5.74, 6) is 0.579. The van der Waals surface area contributed by atoms with Gasteiger partial charge in [0, 0.05) is 5.02 Å². The monoisotopic (exact) mass is 213 g/mol. The molecule has 1 saturated heterocycles. The molecule has 0 saturated carbocycles. The van der Waals surface area contributed by atoms with Crippen LogP contribution in [0.2, 0.25) is 5.02 Å². The lowest BCUT2D eigenvalue weighted by Crippen LogP contribution is -2.42. The molecule has 1 aromatic rings. The van der Waals surface area contributed by atoms with Crippen LogP contribution in [-0.4, -0.2) is 13.1 Å². The molecule has 76 valence electrons. The van der Waals surface area contributed by atoms with E-state index >= 15 is 0 Å². The maximum atomic E-state index is 13.3. The molecule has 0 radical (unpaired) electrons. The second-order valence-electron chi connectivity index (χ2n) is 3.80. The van der Waals surface area contributed by atoms with E-state index in [2.05, 4.69) is 5.32 Å². The lowest BCUT2D eigenvalue weighted by molar-refractivity contribution is 0.326. The van der Waals surface area contributed by atoms with E-state index in [-0.39, 0.29) is 5.82 Å². The summed E-state index contributed by atoms with van der Waals surface area (Å²) < 4.78 is 13.3. The van der Waals surface area contributed by atoms with Crippen molar-refractivity contribution in [2.24, 2.45) is 5.92 Å². The van der Waals surface area contributed by atoms with Crippen LogP contribution in [-0.2, 0) is 6.42 Å². The fourth-order valence-electron chi connectivity index (χ4n) is 1.65. The Hall–Kier alpha value is -0.600. The van der Waals surface area contributed by atoms with Crippen molar-refractivity contribution < 1.29 is 4.39 Å². The Morgan fingerprint density at radius 3 is 2.86 bits per heavy atom. The standard InChI is InChI=1S/C11H13ClFN/c12-10-3-4-11(13)9(5-10)2-1-8-6-14-7-8/h3-5,8,14H,1-2,6-7H2. The number of hydrogen-bond acceptors (Lipinski definition) is 1. The smallest absolute Gasteiger partial charge is 0.126 e. The summed E-state index contributed by atoms with van der Waals surface area (Å²) in [6.45, 7) is 2.14. The SMILES string of the molecule is Fc1ccc(Cl)cc1CCC1CNC1. The van der Waals surface area contributed by atoms with Gasteiger partial charge in [-0.3, -0.25) is 0 Å². The predicted molar refractivity (Wildman–Crippen MR) is 56.1 cm³/mol. The molecule has 0 atom stereocenters. The van der Waals surface area contributed by atoms with Crippen LogP contribution in [0.25, 0.3) is 0 Å². The first-order valence-electron chi connectivity index (χ1n) is 4.90. The Labute approximate surface area is 88.3 Å². The third kappa shape index (κ3) is 2.25. The molecule has 0 aliphatic carbocycles. The molecular weight excluding hydrogens is 201 g/mol. The molecule has 1 N–H and O–H groups in total. The van der Waals surface area contributed by atoms with E-state index in [1.165, 1.54) is 6.07 Å². The van der Waals surface area contributed by atoms with Gasteiger partial charge in [0.15, 0.2) is 0 Å². The molecule has 3 heteroatoms. The second kappa shape index (κ2) is 4.28. The van der Waals surface area contributed by atoms with Gasteiger partial charge in [-0.15, -0.1) is 0 Å². The van der Waals surface area contributed by atoms with Gasteiger partial charge in [0.2, 0.25) is 0 Å². The van der Waals surface area contributed by atoms with Crippen LogP contribution in [0, 0.1) is 11.7 Å². The number of aryl methyl sites for hydroxylation is 1. The normalized spacial score (nSPS) is 16.7. The van der Waals surface area contributed by atoms with Crippen molar-refractivity contribution in [3.8, 4) is 0 Å². The summed E-state index contributed by atoms with van der Waals surface area (Å²) in [6.07, 6.45) is 1.84. The van der Waals surface area contributed by atoms with Crippen molar-refractivity contribution in [3.05, 3.63) is 34.6 Å². The van der Waals surface area contributed by atoms with E-state index in [0.717, 1.165) is 31.5 Å². The van der Waals surface area contributed by atoms with Gasteiger partial charge in [-0.2, -0.15) is 0 Å². The van der Waals surface area contributed by atoms with Crippen molar-refractivity contribution in [2.45, 2.75) is 12.8 Å². The van der Waals surface area contributed by atoms with Crippen LogP contribution in [0.1, 0.15) is 12.0 Å².